The number of amides is 1. The molecular weight excluding hydrogens is 674 g/mol. The number of nitrogens with zero attached hydrogens (tertiary/aromatic N) is 4. The lowest BCUT2D eigenvalue weighted by atomic mass is 9.99. The zero-order chi connectivity index (χ0) is 35.6. The molecule has 264 valence electrons. The highest BCUT2D eigenvalue weighted by molar-refractivity contribution is 7.98. The maximum Gasteiger partial charge on any atom is 0.331 e. The number of rotatable bonds is 12. The lowest BCUT2D eigenvalue weighted by Gasteiger charge is -2.35. The summed E-state index contributed by atoms with van der Waals surface area (Å²) in [4.78, 5) is 61.3. The van der Waals surface area contributed by atoms with Crippen LogP contribution in [0.5, 0.6) is 11.5 Å². The van der Waals surface area contributed by atoms with Gasteiger partial charge in [-0.3, -0.25) is 19.1 Å². The van der Waals surface area contributed by atoms with Crippen LogP contribution in [-0.4, -0.2) is 87.9 Å². The van der Waals surface area contributed by atoms with Crippen molar-refractivity contribution in [3.63, 3.8) is 0 Å². The lowest BCUT2D eigenvalue weighted by molar-refractivity contribution is -0.206. The standard InChI is InChI=1S/C33H35N5O11S/c1-33(2)47-27-26(46-30(28(27)48-33)37-13-11-23(39)36-32(37)42)25(31(41)45-5)38(16-18-9-10-19(43-3)14-21(18)44-4)29(40)20-15-35-49-22(20)17-50-24-8-6-7-12-34-24/h6-15,25-28,30H,16-17H2,1-5H3,(H,36,39,42)/t25-,26+,27+,28+,30+/m0/s1. The number of aromatic nitrogens is 4. The largest absolute Gasteiger partial charge is 0.497 e. The van der Waals surface area contributed by atoms with Gasteiger partial charge in [0.15, 0.2) is 23.8 Å². The maximum absolute atomic E-state index is 14.8. The van der Waals surface area contributed by atoms with E-state index in [0.717, 1.165) is 10.6 Å². The Bertz CT molecular complexity index is 1960. The first-order valence-electron chi connectivity index (χ1n) is 15.4. The van der Waals surface area contributed by atoms with Crippen molar-refractivity contribution in [1.82, 2.24) is 24.6 Å². The van der Waals surface area contributed by atoms with E-state index in [1.54, 1.807) is 44.3 Å². The van der Waals surface area contributed by atoms with Crippen LogP contribution in [0.2, 0.25) is 0 Å². The zero-order valence-corrected chi connectivity index (χ0v) is 28.6. The molecule has 0 aliphatic carbocycles. The van der Waals surface area contributed by atoms with Crippen LogP contribution in [0, 0.1) is 0 Å². The second kappa shape index (κ2) is 14.5. The molecule has 3 aromatic heterocycles. The molecule has 0 saturated carbocycles. The van der Waals surface area contributed by atoms with Crippen molar-refractivity contribution in [2.45, 2.75) is 67.5 Å². The van der Waals surface area contributed by atoms with E-state index in [2.05, 4.69) is 15.1 Å². The van der Waals surface area contributed by atoms with Gasteiger partial charge in [-0.15, -0.1) is 0 Å². The van der Waals surface area contributed by atoms with Gasteiger partial charge in [0, 0.05) is 30.1 Å². The summed E-state index contributed by atoms with van der Waals surface area (Å²) in [6.07, 6.45) is -0.108. The number of hydrogen-bond donors (Lipinski definition) is 1. The molecule has 2 saturated heterocycles. The molecule has 2 fully saturated rings. The van der Waals surface area contributed by atoms with E-state index in [9.17, 15) is 19.2 Å². The number of ether oxygens (including phenoxy) is 6. The second-order valence-electron chi connectivity index (χ2n) is 11.8. The zero-order valence-electron chi connectivity index (χ0n) is 27.8. The fraction of sp³-hybridized carbons (Fsp3) is 0.394. The molecule has 1 N–H and O–H groups in total. The summed E-state index contributed by atoms with van der Waals surface area (Å²) in [5.41, 5.74) is -0.769. The van der Waals surface area contributed by atoms with Crippen molar-refractivity contribution in [3.05, 3.63) is 98.8 Å². The van der Waals surface area contributed by atoms with Gasteiger partial charge in [0.2, 0.25) is 0 Å². The quantitative estimate of drug-likeness (QED) is 0.167. The number of esters is 1. The number of H-pyrrole nitrogens is 1. The SMILES string of the molecule is COC(=O)[C@H]([C@H]1O[C@@H](n2ccc(=O)[nH]c2=O)[C@@H]2OC(C)(C)O[C@@H]21)N(Cc1ccc(OC)cc1OC)C(=O)c1cnoc1CSc1ccccn1. The van der Waals surface area contributed by atoms with E-state index in [1.165, 1.54) is 50.4 Å². The molecule has 5 atom stereocenters. The first-order chi connectivity index (χ1) is 24.0. The highest BCUT2D eigenvalue weighted by Gasteiger charge is 2.60. The highest BCUT2D eigenvalue weighted by Crippen LogP contribution is 2.45. The van der Waals surface area contributed by atoms with Gasteiger partial charge < -0.3 is 37.8 Å². The minimum Gasteiger partial charge on any atom is -0.497 e. The molecule has 0 spiro atoms. The molecule has 0 radical (unpaired) electrons. The maximum atomic E-state index is 14.8. The van der Waals surface area contributed by atoms with E-state index in [4.69, 9.17) is 32.9 Å². The summed E-state index contributed by atoms with van der Waals surface area (Å²) in [5.74, 6) is -1.31. The van der Waals surface area contributed by atoms with Gasteiger partial charge >= 0.3 is 11.7 Å². The summed E-state index contributed by atoms with van der Waals surface area (Å²) in [7, 11) is 4.17. The van der Waals surface area contributed by atoms with Gasteiger partial charge in [0.1, 0.15) is 35.4 Å². The molecule has 2 aliphatic rings. The third-order valence-electron chi connectivity index (χ3n) is 8.24. The van der Waals surface area contributed by atoms with Gasteiger partial charge in [-0.05, 0) is 38.1 Å². The van der Waals surface area contributed by atoms with Crippen LogP contribution >= 0.6 is 11.8 Å². The fourth-order valence-corrected chi connectivity index (χ4v) is 6.80. The third kappa shape index (κ3) is 7.02. The van der Waals surface area contributed by atoms with Gasteiger partial charge in [0.25, 0.3) is 11.5 Å². The van der Waals surface area contributed by atoms with Crippen LogP contribution in [0.4, 0.5) is 0 Å². The molecule has 1 amide bonds. The van der Waals surface area contributed by atoms with Crippen LogP contribution in [-0.2, 0) is 36.0 Å². The van der Waals surface area contributed by atoms with E-state index >= 15 is 0 Å². The summed E-state index contributed by atoms with van der Waals surface area (Å²) >= 11 is 1.33. The van der Waals surface area contributed by atoms with E-state index in [1.807, 2.05) is 12.1 Å². The summed E-state index contributed by atoms with van der Waals surface area (Å²) in [6.45, 7) is 3.17. The first kappa shape index (κ1) is 34.9. The minimum atomic E-state index is -1.47. The minimum absolute atomic E-state index is 0.0849. The Kier molecular flexibility index (Phi) is 10.1. The Labute approximate surface area is 289 Å². The van der Waals surface area contributed by atoms with Crippen LogP contribution in [0.3, 0.4) is 0 Å². The van der Waals surface area contributed by atoms with Gasteiger partial charge in [-0.25, -0.2) is 14.6 Å². The third-order valence-corrected chi connectivity index (χ3v) is 9.18. The van der Waals surface area contributed by atoms with E-state index in [0.29, 0.717) is 22.1 Å². The highest BCUT2D eigenvalue weighted by atomic mass is 32.2. The Morgan fingerprint density at radius 1 is 1.08 bits per heavy atom. The molecule has 6 rings (SSSR count). The lowest BCUT2D eigenvalue weighted by Crippen LogP contribution is -2.55. The number of thioether (sulfide) groups is 1. The second-order valence-corrected chi connectivity index (χ2v) is 12.8. The smallest absolute Gasteiger partial charge is 0.331 e. The number of methoxy groups -OCH3 is 3. The molecule has 0 bridgehead atoms. The van der Waals surface area contributed by atoms with E-state index in [-0.39, 0.29) is 23.6 Å². The number of fused-ring (bicyclic) bond motifs is 1. The topological polar surface area (TPSA) is 187 Å². The number of carbonyl (C=O) groups excluding carboxylic acids is 2. The van der Waals surface area contributed by atoms with Crippen molar-refractivity contribution in [1.29, 1.82) is 0 Å². The molecule has 16 nitrogen and oxygen atoms in total. The molecule has 4 aromatic rings. The van der Waals surface area contributed by atoms with Crippen LogP contribution in [0.15, 0.2) is 80.2 Å². The predicted molar refractivity (Wildman–Crippen MR) is 175 cm³/mol. The van der Waals surface area contributed by atoms with Crippen molar-refractivity contribution < 1.29 is 42.5 Å². The molecule has 5 heterocycles. The average molecular weight is 710 g/mol. The number of benzene rings is 1. The molecule has 17 heteroatoms. The summed E-state index contributed by atoms with van der Waals surface area (Å²) in [6, 6.07) is 10.2. The normalized spacial score (nSPS) is 21.3. The Hall–Kier alpha value is -4.97. The Morgan fingerprint density at radius 3 is 2.58 bits per heavy atom. The van der Waals surface area contributed by atoms with Crippen molar-refractivity contribution in [3.8, 4) is 11.5 Å². The average Bonchev–Trinajstić information content (AvgIpc) is 3.80. The number of carbonyl (C=O) groups is 2. The Morgan fingerprint density at radius 2 is 1.88 bits per heavy atom. The van der Waals surface area contributed by atoms with Crippen molar-refractivity contribution in [2.24, 2.45) is 0 Å². The van der Waals surface area contributed by atoms with Crippen LogP contribution in [0.1, 0.15) is 41.8 Å². The monoisotopic (exact) mass is 709 g/mol. The predicted octanol–water partition coefficient (Wildman–Crippen LogP) is 2.53. The summed E-state index contributed by atoms with van der Waals surface area (Å²) < 4.78 is 41.8. The fourth-order valence-electron chi connectivity index (χ4n) is 6.00. The number of hydrogen-bond acceptors (Lipinski definition) is 14. The van der Waals surface area contributed by atoms with Crippen molar-refractivity contribution in [2.75, 3.05) is 21.3 Å². The number of aromatic amines is 1. The van der Waals surface area contributed by atoms with Crippen LogP contribution in [0.25, 0.3) is 0 Å². The first-order valence-corrected chi connectivity index (χ1v) is 16.4. The molecule has 1 aromatic carbocycles. The molecule has 50 heavy (non-hydrogen) atoms. The van der Waals surface area contributed by atoms with Gasteiger partial charge in [0.05, 0.1) is 44.8 Å². The van der Waals surface area contributed by atoms with Gasteiger partial charge in [-0.1, -0.05) is 23.0 Å². The molecule has 0 unspecified atom stereocenters. The van der Waals surface area contributed by atoms with Gasteiger partial charge in [-0.2, -0.15) is 0 Å². The van der Waals surface area contributed by atoms with E-state index < -0.39 is 59.5 Å². The number of nitrogens with one attached hydrogen (secondary N) is 1. The summed E-state index contributed by atoms with van der Waals surface area (Å²) in [5, 5.41) is 4.61. The number of pyridine rings is 1. The molecule has 2 aliphatic heterocycles. The Balaban J connectivity index is 1.44. The molecular formula is C33H35N5O11S. The van der Waals surface area contributed by atoms with Crippen LogP contribution < -0.4 is 20.7 Å². The van der Waals surface area contributed by atoms with Crippen molar-refractivity contribution >= 4 is 23.6 Å².